The lowest BCUT2D eigenvalue weighted by atomic mass is 9.97. The van der Waals surface area contributed by atoms with Gasteiger partial charge in [-0.2, -0.15) is 0 Å². The lowest BCUT2D eigenvalue weighted by Crippen LogP contribution is -2.64. The van der Waals surface area contributed by atoms with Gasteiger partial charge in [-0.15, -0.1) is 0 Å². The summed E-state index contributed by atoms with van der Waals surface area (Å²) in [5, 5.41) is 65.5. The molecule has 0 spiro atoms. The third kappa shape index (κ3) is 18.3. The van der Waals surface area contributed by atoms with Crippen LogP contribution < -0.4 is 10.6 Å². The zero-order valence-electron chi connectivity index (χ0n) is 40.0. The van der Waals surface area contributed by atoms with Crippen molar-refractivity contribution >= 4 is 39.3 Å². The van der Waals surface area contributed by atoms with Gasteiger partial charge in [0.15, 0.2) is 12.6 Å². The normalized spacial score (nSPS) is 33.7. The summed E-state index contributed by atoms with van der Waals surface area (Å²) < 4.78 is 70.1. The molecule has 28 heteroatoms. The zero-order valence-corrected chi connectivity index (χ0v) is 41.8. The number of likely N-dealkylation sites (tertiary alicyclic amines) is 2. The van der Waals surface area contributed by atoms with Crippen LogP contribution in [0.1, 0.15) is 92.9 Å². The number of aliphatic hydroxyl groups excluding tert-OH is 6. The van der Waals surface area contributed by atoms with Crippen molar-refractivity contribution in [2.45, 2.75) is 178 Å². The smallest absolute Gasteiger partial charge is 0.394 e. The molecule has 10 N–H and O–H groups in total. The number of hydrogen-bond donors (Lipinski definition) is 10. The van der Waals surface area contributed by atoms with E-state index in [0.717, 1.165) is 0 Å². The highest BCUT2D eigenvalue weighted by atomic mass is 31.2. The summed E-state index contributed by atoms with van der Waals surface area (Å²) in [6.07, 6.45) is -10.2. The van der Waals surface area contributed by atoms with Crippen LogP contribution in [0.4, 0.5) is 0 Å². The van der Waals surface area contributed by atoms with Crippen LogP contribution in [0.25, 0.3) is 0 Å². The van der Waals surface area contributed by atoms with Crippen molar-refractivity contribution in [3.8, 4) is 0 Å². The molecule has 0 aromatic carbocycles. The number of nitrogens with zero attached hydrogens (tertiary/aromatic N) is 2. The maximum absolute atomic E-state index is 13.6. The Bertz CT molecular complexity index is 1780. The van der Waals surface area contributed by atoms with Crippen LogP contribution in [0.15, 0.2) is 0 Å². The van der Waals surface area contributed by atoms with Gasteiger partial charge in [0.2, 0.25) is 23.6 Å². The number of phosphoric acid groups is 2. The van der Waals surface area contributed by atoms with Crippen molar-refractivity contribution < 1.29 is 106 Å². The van der Waals surface area contributed by atoms with Gasteiger partial charge in [-0.25, -0.2) is 9.13 Å². The van der Waals surface area contributed by atoms with Crippen molar-refractivity contribution in [1.29, 1.82) is 0 Å². The number of unbranched alkanes of at least 4 members (excludes halogenated alkanes) is 2. The Labute approximate surface area is 401 Å². The van der Waals surface area contributed by atoms with E-state index in [1.165, 1.54) is 18.7 Å². The molecule has 0 saturated carbocycles. The molecule has 0 bridgehead atoms. The van der Waals surface area contributed by atoms with Crippen LogP contribution in [-0.2, 0) is 65.4 Å². The van der Waals surface area contributed by atoms with Crippen LogP contribution in [0.5, 0.6) is 0 Å². The van der Waals surface area contributed by atoms with E-state index in [2.05, 4.69) is 10.6 Å². The number of ether oxygens (including phenoxy) is 4. The third-order valence-electron chi connectivity index (χ3n) is 11.8. The Morgan fingerprint density at radius 2 is 1.10 bits per heavy atom. The second-order valence-electron chi connectivity index (χ2n) is 19.0. The third-order valence-corrected chi connectivity index (χ3v) is 14.1. The molecule has 12 unspecified atom stereocenters. The fraction of sp³-hybridized carbons (Fsp3) is 0.902. The molecular weight excluding hydrogens is 962 g/mol. The lowest BCUT2D eigenvalue weighted by molar-refractivity contribution is -0.270. The molecule has 0 radical (unpaired) electrons. The van der Waals surface area contributed by atoms with E-state index in [-0.39, 0.29) is 70.3 Å². The first-order valence-electron chi connectivity index (χ1n) is 23.2. The largest absolute Gasteiger partial charge is 0.472 e. The van der Waals surface area contributed by atoms with Crippen LogP contribution in [-0.4, -0.2) is 212 Å². The van der Waals surface area contributed by atoms with E-state index < -0.39 is 138 Å². The number of carbonyl (C=O) groups is 4. The van der Waals surface area contributed by atoms with E-state index in [1.54, 1.807) is 25.7 Å². The predicted octanol–water partition coefficient (Wildman–Crippen LogP) is -1.48. The first-order chi connectivity index (χ1) is 32.2. The van der Waals surface area contributed by atoms with Gasteiger partial charge in [0.05, 0.1) is 50.2 Å². The Morgan fingerprint density at radius 3 is 1.54 bits per heavy atom. The highest BCUT2D eigenvalue weighted by molar-refractivity contribution is 7.47. The van der Waals surface area contributed by atoms with Gasteiger partial charge in [-0.1, -0.05) is 6.92 Å². The van der Waals surface area contributed by atoms with Gasteiger partial charge in [0, 0.05) is 53.0 Å². The molecule has 4 rings (SSSR count). The summed E-state index contributed by atoms with van der Waals surface area (Å²) >= 11 is 0. The van der Waals surface area contributed by atoms with Crippen molar-refractivity contribution in [1.82, 2.24) is 20.4 Å². The number of amides is 4. The Kier molecular flexibility index (Phi) is 22.8. The number of aliphatic hydroxyl groups is 6. The molecule has 4 amide bonds. The molecular formula is C41H74N4O22P2. The van der Waals surface area contributed by atoms with Crippen molar-refractivity contribution in [3.63, 3.8) is 0 Å². The predicted molar refractivity (Wildman–Crippen MR) is 237 cm³/mol. The molecule has 0 aromatic heterocycles. The average Bonchev–Trinajstić information content (AvgIpc) is 3.84. The molecule has 16 atom stereocenters. The standard InChI is InChI=1S/C41H74N4O22P2/c1-23-15-26(44(17-23)31(50)11-7-9-13-60-39-33(42-24(2)48)37(54)35(52)29(19-46)64-39)21-62-68(56,57)66-28-16-27(22-63-69(58,59)67-41(4,5)6)45(18-28)32(51)12-8-10-14-61-40-34(43-25(3)49)38(55)36(53)30(20-47)65-40/h23,26-30,33-40,46-47,52-55H,7-22H2,1-6H3,(H,42,48)(H,43,49)(H,56,57)(H,58,59)/t23-,26+,27+,28-,29?,30?,33?,34?,35?,36?,37?,38?,39?,40?/m1/s1. The number of hydrogen-bond acceptors (Lipinski definition) is 20. The average molecular weight is 1040 g/mol. The zero-order chi connectivity index (χ0) is 51.4. The van der Waals surface area contributed by atoms with Crippen molar-refractivity contribution in [2.24, 2.45) is 5.92 Å². The Hall–Kier alpha value is -2.30. The number of phosphoric ester groups is 2. The molecule has 0 aliphatic carbocycles. The molecule has 4 fully saturated rings. The highest BCUT2D eigenvalue weighted by Crippen LogP contribution is 2.50. The van der Waals surface area contributed by atoms with Crippen LogP contribution in [0.3, 0.4) is 0 Å². The fourth-order valence-electron chi connectivity index (χ4n) is 8.65. The van der Waals surface area contributed by atoms with E-state index in [0.29, 0.717) is 25.8 Å². The minimum Gasteiger partial charge on any atom is -0.394 e. The second kappa shape index (κ2) is 26.6. The van der Waals surface area contributed by atoms with E-state index in [4.69, 9.17) is 37.0 Å². The topological polar surface area (TPSA) is 369 Å². The molecule has 4 aliphatic heterocycles. The summed E-state index contributed by atoms with van der Waals surface area (Å²) in [6.45, 7) is 7.07. The van der Waals surface area contributed by atoms with Gasteiger partial charge in [0.25, 0.3) is 0 Å². The van der Waals surface area contributed by atoms with Crippen molar-refractivity contribution in [2.75, 3.05) is 52.7 Å². The summed E-state index contributed by atoms with van der Waals surface area (Å²) in [4.78, 5) is 74.6. The summed E-state index contributed by atoms with van der Waals surface area (Å²) in [5.41, 5.74) is -1.06. The van der Waals surface area contributed by atoms with Gasteiger partial charge in [-0.3, -0.25) is 37.3 Å². The first-order valence-corrected chi connectivity index (χ1v) is 26.2. The van der Waals surface area contributed by atoms with Gasteiger partial charge in [0.1, 0.15) is 48.7 Å². The first kappa shape index (κ1) is 59.3. The SMILES string of the molecule is CC(=O)NC1C(OCCCCC(=O)N2C[C@H](C)C[C@H]2COP(=O)(O)O[C@@H]2C[C@@H](COP(=O)(O)OC(C)(C)C)N(C(=O)CCCCOC3OC(CO)C(O)C(O)C3NC(C)=O)C2)OC(CO)C(O)C1O. The summed E-state index contributed by atoms with van der Waals surface area (Å²) in [7, 11) is -9.45. The minimum atomic E-state index is -4.83. The van der Waals surface area contributed by atoms with Gasteiger partial charge >= 0.3 is 15.6 Å². The molecule has 4 aliphatic rings. The summed E-state index contributed by atoms with van der Waals surface area (Å²) in [6, 6.07) is -3.74. The lowest BCUT2D eigenvalue weighted by Gasteiger charge is -2.42. The molecule has 4 saturated heterocycles. The minimum absolute atomic E-state index is 0.0286. The molecule has 26 nitrogen and oxygen atoms in total. The molecule has 0 aromatic rings. The van der Waals surface area contributed by atoms with Crippen molar-refractivity contribution in [3.05, 3.63) is 0 Å². The molecule has 69 heavy (non-hydrogen) atoms. The quantitative estimate of drug-likeness (QED) is 0.0368. The Morgan fingerprint density at radius 1 is 0.667 bits per heavy atom. The second-order valence-corrected chi connectivity index (χ2v) is 21.7. The van der Waals surface area contributed by atoms with Gasteiger partial charge in [-0.05, 0) is 65.2 Å². The Balaban J connectivity index is 1.29. The monoisotopic (exact) mass is 1040 g/mol. The number of nitrogens with one attached hydrogen (secondary N) is 2. The fourth-order valence-corrected chi connectivity index (χ4v) is 10.7. The van der Waals surface area contributed by atoms with Crippen LogP contribution in [0.2, 0.25) is 0 Å². The van der Waals surface area contributed by atoms with Crippen LogP contribution >= 0.6 is 15.6 Å². The summed E-state index contributed by atoms with van der Waals surface area (Å²) in [5.74, 6) is -1.69. The molecule has 4 heterocycles. The molecule has 400 valence electrons. The van der Waals surface area contributed by atoms with Gasteiger partial charge < -0.3 is 79.8 Å². The van der Waals surface area contributed by atoms with Crippen LogP contribution in [0, 0.1) is 5.92 Å². The highest BCUT2D eigenvalue weighted by Gasteiger charge is 2.47. The maximum Gasteiger partial charge on any atom is 0.472 e. The maximum atomic E-state index is 13.6. The van der Waals surface area contributed by atoms with E-state index >= 15 is 0 Å². The number of carbonyl (C=O) groups excluding carboxylic acids is 4. The van der Waals surface area contributed by atoms with E-state index in [1.807, 2.05) is 6.92 Å². The number of rotatable bonds is 25. The van der Waals surface area contributed by atoms with E-state index in [9.17, 15) is 68.7 Å².